The van der Waals surface area contributed by atoms with Gasteiger partial charge < -0.3 is 5.32 Å². The normalized spacial score (nSPS) is 16.8. The highest BCUT2D eigenvalue weighted by Gasteiger charge is 2.30. The molecule has 0 aliphatic carbocycles. The van der Waals surface area contributed by atoms with Crippen LogP contribution in [0.25, 0.3) is 0 Å². The average Bonchev–Trinajstić information content (AvgIpc) is 2.52. The summed E-state index contributed by atoms with van der Waals surface area (Å²) in [6, 6.07) is 8.36. The molecule has 1 atom stereocenters. The molecule has 1 unspecified atom stereocenters. The Labute approximate surface area is 158 Å². The predicted octanol–water partition coefficient (Wildman–Crippen LogP) is 2.40. The molecule has 1 aromatic carbocycles. The number of benzene rings is 1. The maximum Gasteiger partial charge on any atom is 0.235 e. The lowest BCUT2D eigenvalue weighted by atomic mass is 9.85. The van der Waals surface area contributed by atoms with Crippen LogP contribution in [0.1, 0.15) is 45.2 Å². The Hall–Kier alpha value is -1.40. The molecule has 1 amide bonds. The van der Waals surface area contributed by atoms with Gasteiger partial charge in [0.2, 0.25) is 5.91 Å². The first-order chi connectivity index (χ1) is 12.1. The Kier molecular flexibility index (Phi) is 6.86. The van der Waals surface area contributed by atoms with Crippen LogP contribution < -0.4 is 5.32 Å². The minimum atomic E-state index is -3.32. The summed E-state index contributed by atoms with van der Waals surface area (Å²) in [6.07, 6.45) is 1.54. The van der Waals surface area contributed by atoms with Gasteiger partial charge in [0.25, 0.3) is 0 Å². The van der Waals surface area contributed by atoms with Crippen LogP contribution in [-0.2, 0) is 27.6 Å². The summed E-state index contributed by atoms with van der Waals surface area (Å²) in [5.41, 5.74) is 2.58. The summed E-state index contributed by atoms with van der Waals surface area (Å²) in [7, 11) is -3.32. The molecule has 6 heteroatoms. The zero-order chi connectivity index (χ0) is 19.4. The van der Waals surface area contributed by atoms with E-state index in [4.69, 9.17) is 0 Å². The van der Waals surface area contributed by atoms with Gasteiger partial charge >= 0.3 is 0 Å². The Morgan fingerprint density at radius 1 is 1.23 bits per heavy atom. The fourth-order valence-corrected chi connectivity index (χ4v) is 4.57. The zero-order valence-electron chi connectivity index (χ0n) is 16.4. The standard InChI is InChI=1S/C20H32N2O3S/c1-5-12-26(24,25)15-19(23)21-18(20(2,3)4)14-22-11-10-16-8-6-7-9-17(16)13-22/h6-9,18H,5,10-15H2,1-4H3,(H,21,23). The fourth-order valence-electron chi connectivity index (χ4n) is 3.32. The lowest BCUT2D eigenvalue weighted by Gasteiger charge is -2.38. The van der Waals surface area contributed by atoms with E-state index in [0.29, 0.717) is 6.42 Å². The van der Waals surface area contributed by atoms with Crippen molar-refractivity contribution < 1.29 is 13.2 Å². The molecule has 1 aromatic rings. The number of carbonyl (C=O) groups excluding carboxylic acids is 1. The number of amides is 1. The van der Waals surface area contributed by atoms with E-state index in [1.165, 1.54) is 11.1 Å². The van der Waals surface area contributed by atoms with Crippen molar-refractivity contribution in [2.75, 3.05) is 24.6 Å². The largest absolute Gasteiger partial charge is 0.351 e. The third-order valence-electron chi connectivity index (χ3n) is 4.90. The van der Waals surface area contributed by atoms with Gasteiger partial charge in [0.1, 0.15) is 5.75 Å². The van der Waals surface area contributed by atoms with E-state index in [-0.39, 0.29) is 17.2 Å². The molecule has 1 aliphatic heterocycles. The second-order valence-corrected chi connectivity index (χ2v) is 10.5. The number of carbonyl (C=O) groups is 1. The van der Waals surface area contributed by atoms with Gasteiger partial charge in [0.05, 0.1) is 5.75 Å². The third-order valence-corrected chi connectivity index (χ3v) is 6.63. The first kappa shape index (κ1) is 20.9. The highest BCUT2D eigenvalue weighted by molar-refractivity contribution is 7.92. The van der Waals surface area contributed by atoms with Crippen LogP contribution in [0.5, 0.6) is 0 Å². The Morgan fingerprint density at radius 2 is 1.88 bits per heavy atom. The molecule has 1 aliphatic rings. The van der Waals surface area contributed by atoms with E-state index in [0.717, 1.165) is 26.1 Å². The summed E-state index contributed by atoms with van der Waals surface area (Å²) in [5, 5.41) is 2.98. The monoisotopic (exact) mass is 380 g/mol. The molecule has 1 N–H and O–H groups in total. The van der Waals surface area contributed by atoms with E-state index in [9.17, 15) is 13.2 Å². The van der Waals surface area contributed by atoms with E-state index in [2.05, 4.69) is 55.3 Å². The Balaban J connectivity index is 2.01. The number of fused-ring (bicyclic) bond motifs is 1. The van der Waals surface area contributed by atoms with Gasteiger partial charge in [-0.25, -0.2) is 8.42 Å². The second-order valence-electron chi connectivity index (χ2n) is 8.33. The van der Waals surface area contributed by atoms with Crippen molar-refractivity contribution in [3.8, 4) is 0 Å². The molecule has 0 bridgehead atoms. The SMILES string of the molecule is CCCS(=O)(=O)CC(=O)NC(CN1CCc2ccccc2C1)C(C)(C)C. The van der Waals surface area contributed by atoms with Crippen molar-refractivity contribution in [1.82, 2.24) is 10.2 Å². The summed E-state index contributed by atoms with van der Waals surface area (Å²) < 4.78 is 23.9. The van der Waals surface area contributed by atoms with Crippen LogP contribution in [0.4, 0.5) is 0 Å². The number of rotatable bonds is 7. The van der Waals surface area contributed by atoms with Crippen LogP contribution in [0, 0.1) is 5.41 Å². The zero-order valence-corrected chi connectivity index (χ0v) is 17.2. The maximum atomic E-state index is 12.3. The molecular weight excluding hydrogens is 348 g/mol. The van der Waals surface area contributed by atoms with Gasteiger partial charge in [-0.3, -0.25) is 9.69 Å². The van der Waals surface area contributed by atoms with Crippen molar-refractivity contribution in [3.63, 3.8) is 0 Å². The molecule has 2 rings (SSSR count). The minimum absolute atomic E-state index is 0.0590. The minimum Gasteiger partial charge on any atom is -0.351 e. The van der Waals surface area contributed by atoms with Crippen molar-refractivity contribution in [2.24, 2.45) is 5.41 Å². The topological polar surface area (TPSA) is 66.5 Å². The average molecular weight is 381 g/mol. The quantitative estimate of drug-likeness (QED) is 0.789. The van der Waals surface area contributed by atoms with E-state index in [1.807, 2.05) is 6.92 Å². The highest BCUT2D eigenvalue weighted by atomic mass is 32.2. The fraction of sp³-hybridized carbons (Fsp3) is 0.650. The molecule has 0 spiro atoms. The van der Waals surface area contributed by atoms with Crippen LogP contribution >= 0.6 is 0 Å². The molecule has 5 nitrogen and oxygen atoms in total. The van der Waals surface area contributed by atoms with Crippen LogP contribution in [0.15, 0.2) is 24.3 Å². The first-order valence-electron chi connectivity index (χ1n) is 9.39. The van der Waals surface area contributed by atoms with Gasteiger partial charge in [-0.15, -0.1) is 0 Å². The van der Waals surface area contributed by atoms with E-state index < -0.39 is 21.5 Å². The van der Waals surface area contributed by atoms with Crippen molar-refractivity contribution in [3.05, 3.63) is 35.4 Å². The first-order valence-corrected chi connectivity index (χ1v) is 11.2. The second kappa shape index (κ2) is 8.53. The van der Waals surface area contributed by atoms with Crippen LogP contribution in [-0.4, -0.2) is 49.9 Å². The summed E-state index contributed by atoms with van der Waals surface area (Å²) >= 11 is 0. The Morgan fingerprint density at radius 3 is 2.50 bits per heavy atom. The van der Waals surface area contributed by atoms with Gasteiger partial charge in [0, 0.05) is 25.7 Å². The van der Waals surface area contributed by atoms with Crippen LogP contribution in [0.3, 0.4) is 0 Å². The molecule has 1 heterocycles. The molecular formula is C20H32N2O3S. The predicted molar refractivity (Wildman–Crippen MR) is 106 cm³/mol. The lowest BCUT2D eigenvalue weighted by molar-refractivity contribution is -0.120. The molecule has 26 heavy (non-hydrogen) atoms. The van der Waals surface area contributed by atoms with Gasteiger partial charge in [-0.05, 0) is 29.4 Å². The van der Waals surface area contributed by atoms with Crippen LogP contribution in [0.2, 0.25) is 0 Å². The molecule has 0 fully saturated rings. The third kappa shape index (κ3) is 6.09. The molecule has 0 radical (unpaired) electrons. The number of nitrogens with one attached hydrogen (secondary N) is 1. The number of hydrogen-bond acceptors (Lipinski definition) is 4. The number of nitrogens with zero attached hydrogens (tertiary/aromatic N) is 1. The number of sulfone groups is 1. The summed E-state index contributed by atoms with van der Waals surface area (Å²) in [6.45, 7) is 10.6. The van der Waals surface area contributed by atoms with E-state index in [1.54, 1.807) is 0 Å². The molecule has 146 valence electrons. The lowest BCUT2D eigenvalue weighted by Crippen LogP contribution is -2.52. The van der Waals surface area contributed by atoms with Crippen molar-refractivity contribution in [2.45, 2.75) is 53.1 Å². The molecule has 0 saturated carbocycles. The Bertz CT molecular complexity index is 723. The summed E-state index contributed by atoms with van der Waals surface area (Å²) in [4.78, 5) is 14.7. The molecule has 0 saturated heterocycles. The summed E-state index contributed by atoms with van der Waals surface area (Å²) in [5.74, 6) is -0.754. The van der Waals surface area contributed by atoms with Gasteiger partial charge in [-0.2, -0.15) is 0 Å². The maximum absolute atomic E-state index is 12.3. The van der Waals surface area contributed by atoms with Gasteiger partial charge in [-0.1, -0.05) is 52.0 Å². The van der Waals surface area contributed by atoms with Crippen molar-refractivity contribution in [1.29, 1.82) is 0 Å². The number of hydrogen-bond donors (Lipinski definition) is 1. The van der Waals surface area contributed by atoms with Crippen molar-refractivity contribution >= 4 is 15.7 Å². The highest BCUT2D eigenvalue weighted by Crippen LogP contribution is 2.24. The van der Waals surface area contributed by atoms with E-state index >= 15 is 0 Å². The smallest absolute Gasteiger partial charge is 0.235 e. The van der Waals surface area contributed by atoms with Gasteiger partial charge in [0.15, 0.2) is 9.84 Å². The molecule has 0 aromatic heterocycles.